The van der Waals surface area contributed by atoms with Gasteiger partial charge in [-0.1, -0.05) is 37.7 Å². The van der Waals surface area contributed by atoms with Crippen molar-refractivity contribution in [2.45, 2.75) is 44.6 Å². The van der Waals surface area contributed by atoms with Gasteiger partial charge in [-0.3, -0.25) is 4.79 Å². The highest BCUT2D eigenvalue weighted by Crippen LogP contribution is 2.25. The third-order valence-corrected chi connectivity index (χ3v) is 4.84. The van der Waals surface area contributed by atoms with Crippen LogP contribution in [0.5, 0.6) is 5.75 Å². The van der Waals surface area contributed by atoms with E-state index in [0.29, 0.717) is 0 Å². The molecule has 2 aromatic rings. The molecule has 2 atom stereocenters. The number of amides is 1. The van der Waals surface area contributed by atoms with Gasteiger partial charge in [0.25, 0.3) is 11.1 Å². The molecule has 0 aliphatic heterocycles. The number of carbonyl (C=O) groups is 1. The van der Waals surface area contributed by atoms with Crippen molar-refractivity contribution in [3.8, 4) is 11.8 Å². The molecule has 0 aliphatic carbocycles. The number of para-hydroxylation sites is 1. The molecule has 1 heterocycles. The second-order valence-electron chi connectivity index (χ2n) is 6.40. The first-order valence-electron chi connectivity index (χ1n) is 8.35. The van der Waals surface area contributed by atoms with E-state index in [1.807, 2.05) is 13.8 Å². The SMILES string of the molecule is CC(C)[C@](C)(C#N)NC(=O)CSc1nnc([C@H](C)Oc2ccccc2F)o1. The number of nitrogens with zero attached hydrogens (tertiary/aromatic N) is 3. The van der Waals surface area contributed by atoms with Crippen LogP contribution in [0, 0.1) is 23.1 Å². The molecule has 0 radical (unpaired) electrons. The lowest BCUT2D eigenvalue weighted by Crippen LogP contribution is -2.49. The van der Waals surface area contributed by atoms with Crippen LogP contribution in [0.2, 0.25) is 0 Å². The van der Waals surface area contributed by atoms with Gasteiger partial charge in [0, 0.05) is 0 Å². The Bertz CT molecular complexity index is 836. The molecule has 1 aromatic heterocycles. The molecule has 144 valence electrons. The number of nitrogens with one attached hydrogen (secondary N) is 1. The molecule has 0 bridgehead atoms. The molecule has 2 rings (SSSR count). The molecule has 27 heavy (non-hydrogen) atoms. The third kappa shape index (κ3) is 5.44. The fourth-order valence-electron chi connectivity index (χ4n) is 1.98. The maximum Gasteiger partial charge on any atom is 0.277 e. The van der Waals surface area contributed by atoms with E-state index in [1.165, 1.54) is 12.1 Å². The van der Waals surface area contributed by atoms with E-state index >= 15 is 0 Å². The number of carbonyl (C=O) groups excluding carboxylic acids is 1. The minimum absolute atomic E-state index is 0.0220. The fourth-order valence-corrected chi connectivity index (χ4v) is 2.55. The molecular weight excluding hydrogens is 371 g/mol. The number of aromatic nitrogens is 2. The van der Waals surface area contributed by atoms with Gasteiger partial charge in [-0.2, -0.15) is 5.26 Å². The summed E-state index contributed by atoms with van der Waals surface area (Å²) in [6.45, 7) is 7.05. The van der Waals surface area contributed by atoms with Gasteiger partial charge in [-0.05, 0) is 31.9 Å². The van der Waals surface area contributed by atoms with Crippen molar-refractivity contribution in [2.24, 2.45) is 5.92 Å². The number of benzene rings is 1. The van der Waals surface area contributed by atoms with Crippen LogP contribution in [-0.4, -0.2) is 27.4 Å². The largest absolute Gasteiger partial charge is 0.478 e. The zero-order valence-corrected chi connectivity index (χ0v) is 16.3. The van der Waals surface area contributed by atoms with Gasteiger partial charge in [0.1, 0.15) is 5.54 Å². The Balaban J connectivity index is 1.91. The van der Waals surface area contributed by atoms with Crippen molar-refractivity contribution in [2.75, 3.05) is 5.75 Å². The number of hydrogen-bond acceptors (Lipinski definition) is 7. The van der Waals surface area contributed by atoms with Gasteiger partial charge in [0.2, 0.25) is 5.91 Å². The van der Waals surface area contributed by atoms with Crippen LogP contribution in [0.3, 0.4) is 0 Å². The molecule has 1 N–H and O–H groups in total. The Hall–Kier alpha value is -2.60. The Morgan fingerprint density at radius 2 is 2.11 bits per heavy atom. The summed E-state index contributed by atoms with van der Waals surface area (Å²) in [4.78, 5) is 12.1. The van der Waals surface area contributed by atoms with Gasteiger partial charge in [-0.15, -0.1) is 10.2 Å². The predicted octanol–water partition coefficient (Wildman–Crippen LogP) is 3.50. The first-order chi connectivity index (χ1) is 12.7. The number of halogens is 1. The number of hydrogen-bond donors (Lipinski definition) is 1. The summed E-state index contributed by atoms with van der Waals surface area (Å²) in [5, 5.41) is 19.9. The second-order valence-corrected chi connectivity index (χ2v) is 7.33. The molecule has 0 saturated carbocycles. The van der Waals surface area contributed by atoms with E-state index in [-0.39, 0.29) is 34.4 Å². The molecular formula is C18H21FN4O3S. The number of rotatable bonds is 8. The molecule has 1 amide bonds. The summed E-state index contributed by atoms with van der Waals surface area (Å²) < 4.78 is 24.6. The first-order valence-corrected chi connectivity index (χ1v) is 9.33. The molecule has 0 spiro atoms. The average molecular weight is 392 g/mol. The van der Waals surface area contributed by atoms with Crippen LogP contribution in [0.1, 0.15) is 39.7 Å². The summed E-state index contributed by atoms with van der Waals surface area (Å²) in [6.07, 6.45) is -0.652. The Kier molecular flexibility index (Phi) is 6.80. The van der Waals surface area contributed by atoms with Crippen molar-refractivity contribution in [1.82, 2.24) is 15.5 Å². The highest BCUT2D eigenvalue weighted by atomic mass is 32.2. The summed E-state index contributed by atoms with van der Waals surface area (Å²) in [5.41, 5.74) is -0.945. The van der Waals surface area contributed by atoms with E-state index in [4.69, 9.17) is 9.15 Å². The van der Waals surface area contributed by atoms with Crippen LogP contribution in [0.15, 0.2) is 33.9 Å². The number of nitriles is 1. The number of thioether (sulfide) groups is 1. The lowest BCUT2D eigenvalue weighted by Gasteiger charge is -2.27. The average Bonchev–Trinajstić information content (AvgIpc) is 3.11. The quantitative estimate of drug-likeness (QED) is 0.686. The fraction of sp³-hybridized carbons (Fsp3) is 0.444. The first kappa shape index (κ1) is 20.7. The molecule has 9 heteroatoms. The van der Waals surface area contributed by atoms with Crippen LogP contribution >= 0.6 is 11.8 Å². The van der Waals surface area contributed by atoms with Crippen LogP contribution < -0.4 is 10.1 Å². The van der Waals surface area contributed by atoms with Crippen LogP contribution in [0.25, 0.3) is 0 Å². The van der Waals surface area contributed by atoms with Gasteiger partial charge in [0.05, 0.1) is 11.8 Å². The Morgan fingerprint density at radius 3 is 2.74 bits per heavy atom. The van der Waals surface area contributed by atoms with E-state index in [1.54, 1.807) is 26.0 Å². The van der Waals surface area contributed by atoms with E-state index in [0.717, 1.165) is 11.8 Å². The Labute approximate surface area is 161 Å². The van der Waals surface area contributed by atoms with Crippen molar-refractivity contribution in [3.05, 3.63) is 36.0 Å². The third-order valence-electron chi connectivity index (χ3n) is 4.02. The van der Waals surface area contributed by atoms with Crippen molar-refractivity contribution >= 4 is 17.7 Å². The predicted molar refractivity (Wildman–Crippen MR) is 97.5 cm³/mol. The lowest BCUT2D eigenvalue weighted by molar-refractivity contribution is -0.120. The smallest absolute Gasteiger partial charge is 0.277 e. The normalized spacial score (nSPS) is 14.3. The Morgan fingerprint density at radius 1 is 1.41 bits per heavy atom. The molecule has 0 aliphatic rings. The van der Waals surface area contributed by atoms with Crippen molar-refractivity contribution < 1.29 is 18.3 Å². The molecule has 0 saturated heterocycles. The van der Waals surface area contributed by atoms with Gasteiger partial charge in [-0.25, -0.2) is 4.39 Å². The minimum atomic E-state index is -0.945. The minimum Gasteiger partial charge on any atom is -0.478 e. The zero-order chi connectivity index (χ0) is 20.0. The lowest BCUT2D eigenvalue weighted by atomic mass is 9.90. The van der Waals surface area contributed by atoms with Gasteiger partial charge in [0.15, 0.2) is 17.7 Å². The van der Waals surface area contributed by atoms with E-state index < -0.39 is 17.5 Å². The topological polar surface area (TPSA) is 101 Å². The van der Waals surface area contributed by atoms with Gasteiger partial charge >= 0.3 is 0 Å². The second kappa shape index (κ2) is 8.86. The van der Waals surface area contributed by atoms with Crippen molar-refractivity contribution in [3.63, 3.8) is 0 Å². The zero-order valence-electron chi connectivity index (χ0n) is 15.5. The summed E-state index contributed by atoms with van der Waals surface area (Å²) >= 11 is 1.05. The summed E-state index contributed by atoms with van der Waals surface area (Å²) in [5.74, 6) is -0.558. The monoisotopic (exact) mass is 392 g/mol. The molecule has 0 unspecified atom stereocenters. The standard InChI is InChI=1S/C18H21FN4O3S/c1-11(2)18(4,10-20)21-15(24)9-27-17-23-22-16(26-17)12(3)25-14-8-6-5-7-13(14)19/h5-8,11-12H,9H2,1-4H3,(H,21,24)/t12-,18-/m0/s1. The maximum absolute atomic E-state index is 13.6. The molecule has 1 aromatic carbocycles. The van der Waals surface area contributed by atoms with Crippen LogP contribution in [-0.2, 0) is 4.79 Å². The maximum atomic E-state index is 13.6. The highest BCUT2D eigenvalue weighted by Gasteiger charge is 2.30. The van der Waals surface area contributed by atoms with Crippen molar-refractivity contribution in [1.29, 1.82) is 5.26 Å². The van der Waals surface area contributed by atoms with E-state index in [2.05, 4.69) is 21.6 Å². The molecule has 7 nitrogen and oxygen atoms in total. The van der Waals surface area contributed by atoms with Gasteiger partial charge < -0.3 is 14.5 Å². The van der Waals surface area contributed by atoms with E-state index in [9.17, 15) is 14.4 Å². The van der Waals surface area contributed by atoms with Crippen LogP contribution in [0.4, 0.5) is 4.39 Å². The number of ether oxygens (including phenoxy) is 1. The highest BCUT2D eigenvalue weighted by molar-refractivity contribution is 7.99. The summed E-state index contributed by atoms with van der Waals surface area (Å²) in [6, 6.07) is 8.13. The molecule has 0 fully saturated rings. The summed E-state index contributed by atoms with van der Waals surface area (Å²) in [7, 11) is 0.